The third-order valence-corrected chi connectivity index (χ3v) is 1.57. The lowest BCUT2D eigenvalue weighted by molar-refractivity contribution is 0.0698. The summed E-state index contributed by atoms with van der Waals surface area (Å²) in [6.45, 7) is 2.00. The van der Waals surface area contributed by atoms with Gasteiger partial charge in [0.25, 0.3) is 0 Å². The van der Waals surface area contributed by atoms with E-state index in [1.54, 1.807) is 12.1 Å². The van der Waals surface area contributed by atoms with Crippen LogP contribution in [0.5, 0.6) is 0 Å². The molecule has 1 heterocycles. The Morgan fingerprint density at radius 3 is 2.29 bits per heavy atom. The Morgan fingerprint density at radius 2 is 1.93 bits per heavy atom. The second kappa shape index (κ2) is 4.48. The van der Waals surface area contributed by atoms with E-state index in [2.05, 4.69) is 4.74 Å². The number of carboxylic acids is 1. The smallest absolute Gasteiger partial charge is 0.337 e. The molecule has 0 amide bonds. The molecule has 0 spiro atoms. The van der Waals surface area contributed by atoms with E-state index in [9.17, 15) is 4.79 Å². The van der Waals surface area contributed by atoms with E-state index in [1.807, 2.05) is 0 Å². The largest absolute Gasteiger partial charge is 0.478 e. The van der Waals surface area contributed by atoms with Crippen LogP contribution in [0.4, 0.5) is 11.4 Å². The zero-order valence-corrected chi connectivity index (χ0v) is 7.56. The molecule has 1 aromatic rings. The standard InChI is InChI=1S/C7H8N2O2.C2H4O/c8-5-3-1-2-4(6(5)9)7(10)11;1-2-3-1/h1-3H,8-9H2,(H,10,11);1-2H2. The van der Waals surface area contributed by atoms with Crippen molar-refractivity contribution in [2.45, 2.75) is 0 Å². The zero-order valence-electron chi connectivity index (χ0n) is 7.56. The fraction of sp³-hybridized carbons (Fsp3) is 0.222. The third-order valence-electron chi connectivity index (χ3n) is 1.57. The lowest BCUT2D eigenvalue weighted by atomic mass is 10.1. The van der Waals surface area contributed by atoms with Crippen LogP contribution < -0.4 is 11.5 Å². The predicted molar refractivity (Wildman–Crippen MR) is 53.0 cm³/mol. The Morgan fingerprint density at radius 1 is 1.36 bits per heavy atom. The molecule has 0 unspecified atom stereocenters. The molecule has 1 aliphatic heterocycles. The maximum Gasteiger partial charge on any atom is 0.337 e. The molecule has 1 aromatic carbocycles. The van der Waals surface area contributed by atoms with Gasteiger partial charge in [-0.3, -0.25) is 0 Å². The molecule has 5 nitrogen and oxygen atoms in total. The molecule has 2 rings (SSSR count). The molecule has 5 N–H and O–H groups in total. The summed E-state index contributed by atoms with van der Waals surface area (Å²) in [4.78, 5) is 10.4. The highest BCUT2D eigenvalue weighted by atomic mass is 16.6. The van der Waals surface area contributed by atoms with E-state index in [1.165, 1.54) is 6.07 Å². The highest BCUT2D eigenvalue weighted by Crippen LogP contribution is 2.18. The van der Waals surface area contributed by atoms with Crippen LogP contribution >= 0.6 is 0 Å². The topological polar surface area (TPSA) is 102 Å². The first-order valence-corrected chi connectivity index (χ1v) is 4.08. The van der Waals surface area contributed by atoms with Gasteiger partial charge < -0.3 is 21.3 Å². The Bertz CT molecular complexity index is 334. The molecular weight excluding hydrogens is 184 g/mol. The van der Waals surface area contributed by atoms with Crippen molar-refractivity contribution in [2.75, 3.05) is 24.7 Å². The second-order valence-electron chi connectivity index (χ2n) is 2.73. The Hall–Kier alpha value is -1.75. The molecular formula is C9H12N2O3. The summed E-state index contributed by atoms with van der Waals surface area (Å²) in [5.41, 5.74) is 11.2. The number of para-hydroxylation sites is 1. The van der Waals surface area contributed by atoms with E-state index in [0.717, 1.165) is 13.2 Å². The third kappa shape index (κ3) is 2.95. The maximum atomic E-state index is 10.4. The number of nitrogen functional groups attached to an aromatic ring is 2. The molecule has 1 aliphatic rings. The Kier molecular flexibility index (Phi) is 3.30. The fourth-order valence-corrected chi connectivity index (χ4v) is 0.770. The molecule has 0 saturated carbocycles. The summed E-state index contributed by atoms with van der Waals surface area (Å²) in [5, 5.41) is 8.55. The number of rotatable bonds is 1. The second-order valence-corrected chi connectivity index (χ2v) is 2.73. The highest BCUT2D eigenvalue weighted by Gasteiger charge is 2.07. The van der Waals surface area contributed by atoms with Gasteiger partial charge in [-0.05, 0) is 12.1 Å². The van der Waals surface area contributed by atoms with E-state index < -0.39 is 5.97 Å². The van der Waals surface area contributed by atoms with Crippen LogP contribution in [-0.2, 0) is 4.74 Å². The van der Waals surface area contributed by atoms with Gasteiger partial charge in [0.15, 0.2) is 0 Å². The van der Waals surface area contributed by atoms with Crippen LogP contribution in [0, 0.1) is 0 Å². The fourth-order valence-electron chi connectivity index (χ4n) is 0.770. The molecule has 0 radical (unpaired) electrons. The number of aromatic carboxylic acids is 1. The zero-order chi connectivity index (χ0) is 10.6. The summed E-state index contributed by atoms with van der Waals surface area (Å²) in [7, 11) is 0. The summed E-state index contributed by atoms with van der Waals surface area (Å²) >= 11 is 0. The number of hydrogen-bond donors (Lipinski definition) is 3. The minimum absolute atomic E-state index is 0.0463. The number of carbonyl (C=O) groups is 1. The molecule has 0 aromatic heterocycles. The van der Waals surface area contributed by atoms with Gasteiger partial charge in [-0.15, -0.1) is 0 Å². The monoisotopic (exact) mass is 196 g/mol. The molecule has 0 atom stereocenters. The minimum atomic E-state index is -1.06. The summed E-state index contributed by atoms with van der Waals surface area (Å²) in [6.07, 6.45) is 0. The predicted octanol–water partition coefficient (Wildman–Crippen LogP) is 0.566. The van der Waals surface area contributed by atoms with Crippen LogP contribution in [0.1, 0.15) is 10.4 Å². The van der Waals surface area contributed by atoms with Crippen LogP contribution in [0.15, 0.2) is 18.2 Å². The van der Waals surface area contributed by atoms with Crippen LogP contribution in [0.2, 0.25) is 0 Å². The number of epoxide rings is 1. The van der Waals surface area contributed by atoms with Crippen LogP contribution in [0.25, 0.3) is 0 Å². The number of benzene rings is 1. The average Bonchev–Trinajstić information content (AvgIpc) is 2.95. The van der Waals surface area contributed by atoms with E-state index in [4.69, 9.17) is 16.6 Å². The van der Waals surface area contributed by atoms with Crippen molar-refractivity contribution in [1.82, 2.24) is 0 Å². The van der Waals surface area contributed by atoms with Crippen molar-refractivity contribution in [1.29, 1.82) is 0 Å². The SMILES string of the molecule is C1CO1.Nc1cccc(C(=O)O)c1N. The van der Waals surface area contributed by atoms with Gasteiger partial charge in [0, 0.05) is 0 Å². The van der Waals surface area contributed by atoms with Crippen LogP contribution in [0.3, 0.4) is 0 Å². The van der Waals surface area contributed by atoms with Crippen molar-refractivity contribution < 1.29 is 14.6 Å². The number of nitrogens with two attached hydrogens (primary N) is 2. The first kappa shape index (κ1) is 10.3. The molecule has 5 heteroatoms. The van der Waals surface area contributed by atoms with E-state index in [-0.39, 0.29) is 11.3 Å². The number of hydrogen-bond acceptors (Lipinski definition) is 4. The van der Waals surface area contributed by atoms with Gasteiger partial charge in [-0.1, -0.05) is 6.07 Å². The molecule has 1 saturated heterocycles. The summed E-state index contributed by atoms with van der Waals surface area (Å²) in [6, 6.07) is 4.52. The molecule has 0 aliphatic carbocycles. The summed E-state index contributed by atoms with van der Waals surface area (Å²) in [5.74, 6) is -1.06. The van der Waals surface area contributed by atoms with Gasteiger partial charge in [0.05, 0.1) is 30.2 Å². The van der Waals surface area contributed by atoms with Gasteiger partial charge in [-0.25, -0.2) is 4.79 Å². The molecule has 0 bridgehead atoms. The van der Waals surface area contributed by atoms with Crippen molar-refractivity contribution >= 4 is 17.3 Å². The maximum absolute atomic E-state index is 10.4. The van der Waals surface area contributed by atoms with E-state index >= 15 is 0 Å². The quantitative estimate of drug-likeness (QED) is 0.450. The Labute approximate surface area is 81.3 Å². The lowest BCUT2D eigenvalue weighted by Crippen LogP contribution is -2.04. The molecule has 76 valence electrons. The molecule has 1 fully saturated rings. The number of ether oxygens (including phenoxy) is 1. The van der Waals surface area contributed by atoms with Gasteiger partial charge in [-0.2, -0.15) is 0 Å². The van der Waals surface area contributed by atoms with Crippen LogP contribution in [-0.4, -0.2) is 24.3 Å². The first-order valence-electron chi connectivity index (χ1n) is 4.08. The minimum Gasteiger partial charge on any atom is -0.478 e. The summed E-state index contributed by atoms with van der Waals surface area (Å²) < 4.78 is 4.50. The van der Waals surface area contributed by atoms with Crippen molar-refractivity contribution in [3.8, 4) is 0 Å². The van der Waals surface area contributed by atoms with Gasteiger partial charge >= 0.3 is 5.97 Å². The normalized spacial score (nSPS) is 12.6. The Balaban J connectivity index is 0.000000276. The number of anilines is 2. The number of carboxylic acid groups (broad SMARTS) is 1. The molecule has 14 heavy (non-hydrogen) atoms. The van der Waals surface area contributed by atoms with Crippen molar-refractivity contribution in [3.05, 3.63) is 23.8 Å². The average molecular weight is 196 g/mol. The van der Waals surface area contributed by atoms with Gasteiger partial charge in [0.2, 0.25) is 0 Å². The van der Waals surface area contributed by atoms with E-state index in [0.29, 0.717) is 5.69 Å². The van der Waals surface area contributed by atoms with Crippen molar-refractivity contribution in [3.63, 3.8) is 0 Å². The highest BCUT2D eigenvalue weighted by molar-refractivity contribution is 5.96. The van der Waals surface area contributed by atoms with Crippen molar-refractivity contribution in [2.24, 2.45) is 0 Å². The first-order chi connectivity index (χ1) is 6.63. The lowest BCUT2D eigenvalue weighted by Gasteiger charge is -2.01. The van der Waals surface area contributed by atoms with Gasteiger partial charge in [0.1, 0.15) is 0 Å².